The maximum Gasteiger partial charge on any atom is 0.259 e. The van der Waals surface area contributed by atoms with Gasteiger partial charge in [0.25, 0.3) is 5.91 Å². The summed E-state index contributed by atoms with van der Waals surface area (Å²) in [6, 6.07) is 1.44. The van der Waals surface area contributed by atoms with Crippen LogP contribution in [0.4, 0.5) is 0 Å². The molecular formula is C12H16N2O3. The van der Waals surface area contributed by atoms with Crippen molar-refractivity contribution in [1.29, 1.82) is 0 Å². The Hall–Kier alpha value is -1.62. The molecule has 2 heterocycles. The molecule has 1 aliphatic rings. The molecule has 5 nitrogen and oxygen atoms in total. The van der Waals surface area contributed by atoms with Gasteiger partial charge in [-0.3, -0.25) is 9.59 Å². The summed E-state index contributed by atoms with van der Waals surface area (Å²) >= 11 is 0. The van der Waals surface area contributed by atoms with E-state index in [-0.39, 0.29) is 23.0 Å². The Morgan fingerprint density at radius 2 is 2.35 bits per heavy atom. The largest absolute Gasteiger partial charge is 0.380 e. The number of aryl methyl sites for hydroxylation is 1. The van der Waals surface area contributed by atoms with Gasteiger partial charge in [-0.1, -0.05) is 0 Å². The molecule has 1 amide bonds. The van der Waals surface area contributed by atoms with Crippen LogP contribution in [0.25, 0.3) is 0 Å². The molecule has 2 rings (SSSR count). The minimum absolute atomic E-state index is 0.0866. The number of ether oxygens (including phenoxy) is 1. The number of hydrogen-bond acceptors (Lipinski definition) is 3. The number of rotatable bonds is 2. The Balaban J connectivity index is 2.18. The zero-order valence-corrected chi connectivity index (χ0v) is 10.0. The summed E-state index contributed by atoms with van der Waals surface area (Å²) in [5.74, 6) is -0.217. The van der Waals surface area contributed by atoms with E-state index in [0.29, 0.717) is 13.1 Å². The highest BCUT2D eigenvalue weighted by molar-refractivity contribution is 5.94. The van der Waals surface area contributed by atoms with Gasteiger partial charge in [-0.25, -0.2) is 0 Å². The number of methoxy groups -OCH3 is 1. The van der Waals surface area contributed by atoms with Crippen molar-refractivity contribution in [2.45, 2.75) is 19.4 Å². The quantitative estimate of drug-likeness (QED) is 0.815. The summed E-state index contributed by atoms with van der Waals surface area (Å²) in [5, 5.41) is 0. The van der Waals surface area contributed by atoms with E-state index in [1.807, 2.05) is 0 Å². The number of aromatic amines is 1. The van der Waals surface area contributed by atoms with E-state index in [4.69, 9.17) is 4.74 Å². The van der Waals surface area contributed by atoms with Crippen LogP contribution in [-0.4, -0.2) is 42.1 Å². The van der Waals surface area contributed by atoms with Gasteiger partial charge in [0, 0.05) is 38.2 Å². The first-order valence-corrected chi connectivity index (χ1v) is 5.63. The summed E-state index contributed by atoms with van der Waals surface area (Å²) in [5.41, 5.74) is 0.724. The van der Waals surface area contributed by atoms with Crippen LogP contribution in [0, 0.1) is 6.92 Å². The highest BCUT2D eigenvalue weighted by atomic mass is 16.5. The van der Waals surface area contributed by atoms with Crippen LogP contribution in [0.2, 0.25) is 0 Å². The third-order valence-electron chi connectivity index (χ3n) is 3.05. The molecule has 1 unspecified atom stereocenters. The summed E-state index contributed by atoms with van der Waals surface area (Å²) in [6.07, 6.45) is 2.40. The second-order valence-electron chi connectivity index (χ2n) is 4.29. The fourth-order valence-corrected chi connectivity index (χ4v) is 2.02. The number of amides is 1. The molecule has 0 bridgehead atoms. The van der Waals surface area contributed by atoms with Crippen LogP contribution in [0.5, 0.6) is 0 Å². The molecule has 17 heavy (non-hydrogen) atoms. The SMILES string of the molecule is COC1CCN(C(=O)c2c[nH]c(C)cc2=O)C1. The fourth-order valence-electron chi connectivity index (χ4n) is 2.02. The molecule has 1 N–H and O–H groups in total. The number of likely N-dealkylation sites (tertiary alicyclic amines) is 1. The van der Waals surface area contributed by atoms with Crippen LogP contribution >= 0.6 is 0 Å². The van der Waals surface area contributed by atoms with Crippen molar-refractivity contribution in [1.82, 2.24) is 9.88 Å². The van der Waals surface area contributed by atoms with E-state index in [9.17, 15) is 9.59 Å². The summed E-state index contributed by atoms with van der Waals surface area (Å²) in [6.45, 7) is 2.99. The molecule has 1 saturated heterocycles. The van der Waals surface area contributed by atoms with Gasteiger partial charge >= 0.3 is 0 Å². The van der Waals surface area contributed by atoms with Crippen molar-refractivity contribution < 1.29 is 9.53 Å². The molecule has 1 aliphatic heterocycles. The minimum Gasteiger partial charge on any atom is -0.380 e. The highest BCUT2D eigenvalue weighted by Crippen LogP contribution is 2.13. The number of H-pyrrole nitrogens is 1. The molecule has 1 aromatic heterocycles. The summed E-state index contributed by atoms with van der Waals surface area (Å²) < 4.78 is 5.20. The molecule has 0 radical (unpaired) electrons. The highest BCUT2D eigenvalue weighted by Gasteiger charge is 2.27. The van der Waals surface area contributed by atoms with Crippen LogP contribution < -0.4 is 5.43 Å². The number of nitrogens with zero attached hydrogens (tertiary/aromatic N) is 1. The molecule has 1 atom stereocenters. The number of nitrogens with one attached hydrogen (secondary N) is 1. The zero-order chi connectivity index (χ0) is 12.4. The normalized spacial score (nSPS) is 19.6. The maximum absolute atomic E-state index is 12.1. The molecule has 0 spiro atoms. The average molecular weight is 236 g/mol. The van der Waals surface area contributed by atoms with Crippen LogP contribution in [0.3, 0.4) is 0 Å². The molecule has 5 heteroatoms. The smallest absolute Gasteiger partial charge is 0.259 e. The average Bonchev–Trinajstić information content (AvgIpc) is 2.76. The first kappa shape index (κ1) is 11.9. The van der Waals surface area contributed by atoms with Crippen molar-refractivity contribution in [3.63, 3.8) is 0 Å². The fraction of sp³-hybridized carbons (Fsp3) is 0.500. The number of carbonyl (C=O) groups is 1. The van der Waals surface area contributed by atoms with Crippen LogP contribution in [0.15, 0.2) is 17.1 Å². The van der Waals surface area contributed by atoms with E-state index in [2.05, 4.69) is 4.98 Å². The molecule has 1 aromatic rings. The van der Waals surface area contributed by atoms with Gasteiger partial charge in [0.1, 0.15) is 5.56 Å². The van der Waals surface area contributed by atoms with Crippen molar-refractivity contribution >= 4 is 5.91 Å². The van der Waals surface area contributed by atoms with Crippen LogP contribution in [-0.2, 0) is 4.74 Å². The number of pyridine rings is 1. The Morgan fingerprint density at radius 3 is 2.94 bits per heavy atom. The first-order valence-electron chi connectivity index (χ1n) is 5.63. The van der Waals surface area contributed by atoms with Crippen LogP contribution in [0.1, 0.15) is 22.5 Å². The van der Waals surface area contributed by atoms with Gasteiger partial charge in [0.05, 0.1) is 6.10 Å². The lowest BCUT2D eigenvalue weighted by molar-refractivity contribution is 0.0722. The molecular weight excluding hydrogens is 220 g/mol. The Bertz CT molecular complexity index is 481. The second-order valence-corrected chi connectivity index (χ2v) is 4.29. The van der Waals surface area contributed by atoms with Gasteiger partial charge in [0.15, 0.2) is 5.43 Å². The third kappa shape index (κ3) is 2.39. The molecule has 92 valence electrons. The lowest BCUT2D eigenvalue weighted by Gasteiger charge is -2.15. The van der Waals surface area contributed by atoms with Gasteiger partial charge in [-0.05, 0) is 13.3 Å². The summed E-state index contributed by atoms with van der Waals surface area (Å²) in [4.78, 5) is 28.3. The van der Waals surface area contributed by atoms with E-state index in [0.717, 1.165) is 12.1 Å². The molecule has 1 fully saturated rings. The maximum atomic E-state index is 12.1. The van der Waals surface area contributed by atoms with Crippen molar-refractivity contribution in [3.8, 4) is 0 Å². The Kier molecular flexibility index (Phi) is 3.28. The zero-order valence-electron chi connectivity index (χ0n) is 10.0. The molecule has 0 aliphatic carbocycles. The topological polar surface area (TPSA) is 62.4 Å². The number of hydrogen-bond donors (Lipinski definition) is 1. The first-order chi connectivity index (χ1) is 8.11. The van der Waals surface area contributed by atoms with E-state index >= 15 is 0 Å². The third-order valence-corrected chi connectivity index (χ3v) is 3.05. The Morgan fingerprint density at radius 1 is 1.59 bits per heavy atom. The number of carbonyl (C=O) groups excluding carboxylic acids is 1. The van der Waals surface area contributed by atoms with Crippen molar-refractivity contribution in [3.05, 3.63) is 33.7 Å². The predicted molar refractivity (Wildman–Crippen MR) is 63.1 cm³/mol. The monoisotopic (exact) mass is 236 g/mol. The van der Waals surface area contributed by atoms with Gasteiger partial charge in [0.2, 0.25) is 0 Å². The minimum atomic E-state index is -0.230. The molecule has 0 saturated carbocycles. The van der Waals surface area contributed by atoms with E-state index < -0.39 is 0 Å². The van der Waals surface area contributed by atoms with Gasteiger partial charge in [-0.15, -0.1) is 0 Å². The van der Waals surface area contributed by atoms with Crippen molar-refractivity contribution in [2.75, 3.05) is 20.2 Å². The molecule has 0 aromatic carbocycles. The van der Waals surface area contributed by atoms with E-state index in [1.165, 1.54) is 12.3 Å². The second kappa shape index (κ2) is 4.71. The van der Waals surface area contributed by atoms with E-state index in [1.54, 1.807) is 18.9 Å². The lowest BCUT2D eigenvalue weighted by atomic mass is 10.2. The van der Waals surface area contributed by atoms with Crippen molar-refractivity contribution in [2.24, 2.45) is 0 Å². The van der Waals surface area contributed by atoms with Gasteiger partial charge in [-0.2, -0.15) is 0 Å². The Labute approximate surface area is 99.4 Å². The van der Waals surface area contributed by atoms with Gasteiger partial charge < -0.3 is 14.6 Å². The number of aromatic nitrogens is 1. The standard InChI is InChI=1S/C12H16N2O3/c1-8-5-11(15)10(6-13-8)12(16)14-4-3-9(7-14)17-2/h5-6,9H,3-4,7H2,1-2H3,(H,13,15). The predicted octanol–water partition coefficient (Wildman–Crippen LogP) is 0.544. The summed E-state index contributed by atoms with van der Waals surface area (Å²) in [7, 11) is 1.64. The lowest BCUT2D eigenvalue weighted by Crippen LogP contribution is -2.33.